The third kappa shape index (κ3) is 3.51. The van der Waals surface area contributed by atoms with Gasteiger partial charge in [-0.25, -0.2) is 4.79 Å². The van der Waals surface area contributed by atoms with E-state index in [-0.39, 0.29) is 52.7 Å². The van der Waals surface area contributed by atoms with E-state index in [0.717, 1.165) is 24.2 Å². The molecule has 0 spiro atoms. The molecule has 2 bridgehead atoms. The lowest BCUT2D eigenvalue weighted by Crippen LogP contribution is -2.50. The van der Waals surface area contributed by atoms with Crippen LogP contribution in [0.1, 0.15) is 43.5 Å². The molecule has 1 aromatic carbocycles. The van der Waals surface area contributed by atoms with Gasteiger partial charge in [-0.2, -0.15) is 0 Å². The molecule has 5 atom stereocenters. The van der Waals surface area contributed by atoms with E-state index < -0.39 is 29.3 Å². The number of imide groups is 1. The van der Waals surface area contributed by atoms with Gasteiger partial charge in [0.05, 0.1) is 16.8 Å². The second kappa shape index (κ2) is 7.86. The number of likely N-dealkylation sites (tertiary alicyclic amines) is 1. The van der Waals surface area contributed by atoms with Gasteiger partial charge >= 0.3 is 5.97 Å². The monoisotopic (exact) mass is 428 g/mol. The molecule has 3 aliphatic rings. The summed E-state index contributed by atoms with van der Waals surface area (Å²) in [5.74, 6) is -2.51. The summed E-state index contributed by atoms with van der Waals surface area (Å²) in [6.45, 7) is 2.88. The number of Topliss-reactive ketones (excluding diaryl/α,β-unsaturated/α-hetero) is 1. The maximum Gasteiger partial charge on any atom is 0.330 e. The maximum atomic E-state index is 13.1. The summed E-state index contributed by atoms with van der Waals surface area (Å²) in [6, 6.07) is 3.90. The summed E-state index contributed by atoms with van der Waals surface area (Å²) < 4.78 is 5.19. The minimum Gasteiger partial charge on any atom is -0.456 e. The standard InChI is InChI=1S/C22H24N2O7/c1-11(2)19(23-20(26)17-13-3-4-14(9-13)18(17)21(23)27)22(28)31-10-16(25)12-5-7-15(8-6-12)24(29)30/h5-8,11,13-14,17-19H,3-4,9-10H2,1-2H3/t13-,14+,17-,18+,19-/m1/s1. The third-order valence-electron chi connectivity index (χ3n) is 6.86. The zero-order valence-corrected chi connectivity index (χ0v) is 17.4. The van der Waals surface area contributed by atoms with Crippen molar-refractivity contribution >= 4 is 29.3 Å². The summed E-state index contributed by atoms with van der Waals surface area (Å²) >= 11 is 0. The lowest BCUT2D eigenvalue weighted by molar-refractivity contribution is -0.384. The van der Waals surface area contributed by atoms with Crippen LogP contribution in [0.5, 0.6) is 0 Å². The molecule has 3 fully saturated rings. The van der Waals surface area contributed by atoms with Crippen LogP contribution in [0, 0.1) is 39.7 Å². The van der Waals surface area contributed by atoms with E-state index in [1.807, 2.05) is 0 Å². The van der Waals surface area contributed by atoms with Gasteiger partial charge < -0.3 is 4.74 Å². The number of carbonyl (C=O) groups excluding carboxylic acids is 4. The molecule has 0 N–H and O–H groups in total. The second-order valence-corrected chi connectivity index (χ2v) is 8.95. The van der Waals surface area contributed by atoms with Gasteiger partial charge in [0, 0.05) is 17.7 Å². The number of nitro groups is 1. The number of ether oxygens (including phenoxy) is 1. The Morgan fingerprint density at radius 1 is 1.10 bits per heavy atom. The number of nitrogens with zero attached hydrogens (tertiary/aromatic N) is 2. The molecule has 4 rings (SSSR count). The molecule has 2 saturated carbocycles. The highest BCUT2D eigenvalue weighted by molar-refractivity contribution is 6.09. The Morgan fingerprint density at radius 3 is 2.13 bits per heavy atom. The van der Waals surface area contributed by atoms with E-state index in [1.165, 1.54) is 24.3 Å². The van der Waals surface area contributed by atoms with Gasteiger partial charge in [-0.3, -0.25) is 29.4 Å². The minimum absolute atomic E-state index is 0.154. The highest BCUT2D eigenvalue weighted by atomic mass is 16.6. The highest BCUT2D eigenvalue weighted by Crippen LogP contribution is 2.56. The van der Waals surface area contributed by atoms with E-state index in [2.05, 4.69) is 0 Å². The summed E-state index contributed by atoms with van der Waals surface area (Å²) in [5.41, 5.74) is 0.0120. The molecule has 31 heavy (non-hydrogen) atoms. The van der Waals surface area contributed by atoms with Crippen molar-refractivity contribution in [3.63, 3.8) is 0 Å². The molecule has 2 amide bonds. The lowest BCUT2D eigenvalue weighted by Gasteiger charge is -2.28. The number of amides is 2. The number of hydrogen-bond donors (Lipinski definition) is 0. The number of non-ortho nitro benzene ring substituents is 1. The first kappa shape index (κ1) is 21.1. The number of ketones is 1. The van der Waals surface area contributed by atoms with Crippen molar-refractivity contribution in [2.24, 2.45) is 29.6 Å². The molecule has 0 radical (unpaired) electrons. The van der Waals surface area contributed by atoms with Crippen LogP contribution in [0.3, 0.4) is 0 Å². The van der Waals surface area contributed by atoms with Gasteiger partial charge in [0.1, 0.15) is 6.04 Å². The topological polar surface area (TPSA) is 124 Å². The van der Waals surface area contributed by atoms with Crippen LogP contribution < -0.4 is 0 Å². The van der Waals surface area contributed by atoms with E-state index in [0.29, 0.717) is 0 Å². The van der Waals surface area contributed by atoms with Crippen LogP contribution in [0.2, 0.25) is 0 Å². The summed E-state index contributed by atoms with van der Waals surface area (Å²) in [7, 11) is 0. The molecular weight excluding hydrogens is 404 g/mol. The maximum absolute atomic E-state index is 13.1. The molecule has 0 unspecified atom stereocenters. The van der Waals surface area contributed by atoms with E-state index in [9.17, 15) is 29.3 Å². The molecule has 164 valence electrons. The van der Waals surface area contributed by atoms with Gasteiger partial charge in [0.25, 0.3) is 5.69 Å². The van der Waals surface area contributed by atoms with Crippen molar-refractivity contribution in [1.29, 1.82) is 0 Å². The zero-order valence-electron chi connectivity index (χ0n) is 17.4. The van der Waals surface area contributed by atoms with Crippen LogP contribution in [0.15, 0.2) is 24.3 Å². The first-order chi connectivity index (χ1) is 14.7. The number of benzene rings is 1. The van der Waals surface area contributed by atoms with Crippen LogP contribution in [0.4, 0.5) is 5.69 Å². The average Bonchev–Trinajstić information content (AvgIpc) is 3.42. The van der Waals surface area contributed by atoms with Crippen molar-refractivity contribution in [3.05, 3.63) is 39.9 Å². The molecular formula is C22H24N2O7. The highest BCUT2D eigenvalue weighted by Gasteiger charge is 2.62. The lowest BCUT2D eigenvalue weighted by atomic mass is 9.81. The van der Waals surface area contributed by atoms with E-state index in [1.54, 1.807) is 13.8 Å². The summed E-state index contributed by atoms with van der Waals surface area (Å²) in [5, 5.41) is 10.7. The van der Waals surface area contributed by atoms with Crippen LogP contribution in [-0.4, -0.2) is 46.0 Å². The van der Waals surface area contributed by atoms with Crippen LogP contribution >= 0.6 is 0 Å². The number of esters is 1. The molecule has 1 aliphatic heterocycles. The van der Waals surface area contributed by atoms with Crippen LogP contribution in [0.25, 0.3) is 0 Å². The van der Waals surface area contributed by atoms with Gasteiger partial charge in [-0.05, 0) is 49.1 Å². The summed E-state index contributed by atoms with van der Waals surface area (Å²) in [4.78, 5) is 62.5. The van der Waals surface area contributed by atoms with Gasteiger partial charge in [0.15, 0.2) is 12.4 Å². The fourth-order valence-electron chi connectivity index (χ4n) is 5.46. The second-order valence-electron chi connectivity index (χ2n) is 8.95. The van der Waals surface area contributed by atoms with Crippen molar-refractivity contribution in [3.8, 4) is 0 Å². The minimum atomic E-state index is -1.07. The number of hydrogen-bond acceptors (Lipinski definition) is 7. The van der Waals surface area contributed by atoms with E-state index >= 15 is 0 Å². The Kier molecular flexibility index (Phi) is 5.36. The number of rotatable bonds is 7. The Labute approximate surface area is 178 Å². The number of fused-ring (bicyclic) bond motifs is 5. The smallest absolute Gasteiger partial charge is 0.330 e. The van der Waals surface area contributed by atoms with Crippen LogP contribution in [-0.2, 0) is 19.1 Å². The normalized spacial score (nSPS) is 27.5. The molecule has 1 saturated heterocycles. The van der Waals surface area contributed by atoms with Crippen molar-refractivity contribution in [1.82, 2.24) is 4.90 Å². The fraction of sp³-hybridized carbons (Fsp3) is 0.545. The fourth-order valence-corrected chi connectivity index (χ4v) is 5.46. The third-order valence-corrected chi connectivity index (χ3v) is 6.86. The Bertz CT molecular complexity index is 927. The Morgan fingerprint density at radius 2 is 1.65 bits per heavy atom. The molecule has 9 heteroatoms. The number of carbonyl (C=O) groups is 4. The van der Waals surface area contributed by atoms with Gasteiger partial charge in [-0.1, -0.05) is 13.8 Å². The predicted molar refractivity (Wildman–Crippen MR) is 107 cm³/mol. The molecule has 0 aromatic heterocycles. The van der Waals surface area contributed by atoms with Gasteiger partial charge in [-0.15, -0.1) is 0 Å². The first-order valence-electron chi connectivity index (χ1n) is 10.5. The number of nitro benzene ring substituents is 1. The Balaban J connectivity index is 1.44. The molecule has 1 aromatic rings. The molecule has 9 nitrogen and oxygen atoms in total. The zero-order chi connectivity index (χ0) is 22.4. The Hall–Kier alpha value is -3.10. The predicted octanol–water partition coefficient (Wildman–Crippen LogP) is 2.38. The molecule has 2 aliphatic carbocycles. The van der Waals surface area contributed by atoms with Crippen molar-refractivity contribution < 1.29 is 28.8 Å². The van der Waals surface area contributed by atoms with Crippen molar-refractivity contribution in [2.45, 2.75) is 39.2 Å². The summed E-state index contributed by atoms with van der Waals surface area (Å²) in [6.07, 6.45) is 2.79. The largest absolute Gasteiger partial charge is 0.456 e. The van der Waals surface area contributed by atoms with Gasteiger partial charge in [0.2, 0.25) is 11.8 Å². The first-order valence-corrected chi connectivity index (χ1v) is 10.5. The average molecular weight is 428 g/mol. The molecule has 1 heterocycles. The SMILES string of the molecule is CC(C)[C@H](C(=O)OCC(=O)c1ccc([N+](=O)[O-])cc1)N1C(=O)[C@@H]2[C@@H]3CC[C@@H](C3)[C@@H]2C1=O. The quantitative estimate of drug-likeness (QED) is 0.215. The van der Waals surface area contributed by atoms with Crippen molar-refractivity contribution in [2.75, 3.05) is 6.61 Å². The van der Waals surface area contributed by atoms with E-state index in [4.69, 9.17) is 4.74 Å².